The first-order valence-corrected chi connectivity index (χ1v) is 8.77. The molecule has 0 bridgehead atoms. The van der Waals surface area contributed by atoms with Crippen molar-refractivity contribution in [3.63, 3.8) is 0 Å². The first-order chi connectivity index (χ1) is 12.5. The molecule has 5 heteroatoms. The summed E-state index contributed by atoms with van der Waals surface area (Å²) in [5, 5.41) is 3.04. The highest BCUT2D eigenvalue weighted by Crippen LogP contribution is 2.27. The molecule has 0 aromatic heterocycles. The van der Waals surface area contributed by atoms with E-state index in [9.17, 15) is 4.79 Å². The van der Waals surface area contributed by atoms with Crippen molar-refractivity contribution in [2.24, 2.45) is 0 Å². The molecule has 2 rings (SSSR count). The molecule has 0 aliphatic carbocycles. The van der Waals surface area contributed by atoms with Gasteiger partial charge in [-0.2, -0.15) is 0 Å². The number of rotatable bonds is 9. The molecule has 0 unspecified atom stereocenters. The van der Waals surface area contributed by atoms with E-state index in [-0.39, 0.29) is 11.9 Å². The van der Waals surface area contributed by atoms with Crippen molar-refractivity contribution in [2.75, 3.05) is 34.4 Å². The van der Waals surface area contributed by atoms with Crippen LogP contribution in [0.15, 0.2) is 48.5 Å². The Balaban J connectivity index is 1.81. The number of hydrogen-bond acceptors (Lipinski definition) is 4. The molecular formula is C21H28N2O3. The molecule has 26 heavy (non-hydrogen) atoms. The number of amides is 1. The van der Waals surface area contributed by atoms with Gasteiger partial charge in [-0.1, -0.05) is 36.4 Å². The average molecular weight is 356 g/mol. The van der Waals surface area contributed by atoms with Crippen molar-refractivity contribution in [2.45, 2.75) is 19.4 Å². The van der Waals surface area contributed by atoms with Gasteiger partial charge in [0.2, 0.25) is 5.91 Å². The van der Waals surface area contributed by atoms with Gasteiger partial charge < -0.3 is 14.8 Å². The second kappa shape index (κ2) is 9.82. The zero-order valence-corrected chi connectivity index (χ0v) is 16.0. The van der Waals surface area contributed by atoms with Gasteiger partial charge in [0.05, 0.1) is 26.8 Å². The van der Waals surface area contributed by atoms with Gasteiger partial charge in [0.15, 0.2) is 11.5 Å². The summed E-state index contributed by atoms with van der Waals surface area (Å²) in [7, 11) is 5.21. The smallest absolute Gasteiger partial charge is 0.234 e. The molecule has 0 aliphatic heterocycles. The summed E-state index contributed by atoms with van der Waals surface area (Å²) in [5.41, 5.74) is 2.25. The molecule has 0 fully saturated rings. The van der Waals surface area contributed by atoms with Gasteiger partial charge in [-0.25, -0.2) is 0 Å². The lowest BCUT2D eigenvalue weighted by molar-refractivity contribution is -0.122. The fourth-order valence-electron chi connectivity index (χ4n) is 2.79. The fraction of sp³-hybridized carbons (Fsp3) is 0.381. The normalized spacial score (nSPS) is 11.9. The van der Waals surface area contributed by atoms with Crippen LogP contribution < -0.4 is 14.8 Å². The average Bonchev–Trinajstić information content (AvgIpc) is 2.66. The molecule has 2 aromatic rings. The minimum atomic E-state index is 0.00273. The van der Waals surface area contributed by atoms with Crippen molar-refractivity contribution in [3.05, 3.63) is 59.7 Å². The van der Waals surface area contributed by atoms with Crippen LogP contribution in [0.25, 0.3) is 0 Å². The summed E-state index contributed by atoms with van der Waals surface area (Å²) < 4.78 is 10.6. The maximum absolute atomic E-state index is 12.2. The topological polar surface area (TPSA) is 50.8 Å². The lowest BCUT2D eigenvalue weighted by Crippen LogP contribution is -2.37. The van der Waals surface area contributed by atoms with E-state index in [0.717, 1.165) is 35.6 Å². The third-order valence-corrected chi connectivity index (χ3v) is 4.32. The summed E-state index contributed by atoms with van der Waals surface area (Å²) >= 11 is 0. The summed E-state index contributed by atoms with van der Waals surface area (Å²) in [6, 6.07) is 15.9. The van der Waals surface area contributed by atoms with Crippen LogP contribution in [-0.2, 0) is 11.2 Å². The zero-order chi connectivity index (χ0) is 18.9. The molecule has 2 aromatic carbocycles. The van der Waals surface area contributed by atoms with E-state index in [4.69, 9.17) is 9.47 Å². The predicted molar refractivity (Wildman–Crippen MR) is 104 cm³/mol. The van der Waals surface area contributed by atoms with Gasteiger partial charge in [0, 0.05) is 6.54 Å². The number of carbonyl (C=O) groups excluding carboxylic acids is 1. The number of methoxy groups -OCH3 is 2. The molecule has 1 amide bonds. The Morgan fingerprint density at radius 3 is 2.42 bits per heavy atom. The van der Waals surface area contributed by atoms with Gasteiger partial charge in [-0.05, 0) is 43.7 Å². The SMILES string of the molecule is COc1ccc(CCN(C)CC(=O)N[C@@H](C)c2ccccc2)cc1OC. The Hall–Kier alpha value is -2.53. The van der Waals surface area contributed by atoms with Crippen molar-refractivity contribution in [1.29, 1.82) is 0 Å². The van der Waals surface area contributed by atoms with Crippen molar-refractivity contribution < 1.29 is 14.3 Å². The number of nitrogens with zero attached hydrogens (tertiary/aromatic N) is 1. The Labute approximate surface area is 155 Å². The molecule has 0 spiro atoms. The van der Waals surface area contributed by atoms with Crippen LogP contribution in [0.3, 0.4) is 0 Å². The summed E-state index contributed by atoms with van der Waals surface area (Å²) in [4.78, 5) is 14.3. The second-order valence-electron chi connectivity index (χ2n) is 6.38. The third kappa shape index (κ3) is 5.77. The maximum atomic E-state index is 12.2. The number of carbonyl (C=O) groups is 1. The fourth-order valence-corrected chi connectivity index (χ4v) is 2.79. The van der Waals surface area contributed by atoms with Gasteiger partial charge in [-0.15, -0.1) is 0 Å². The quantitative estimate of drug-likeness (QED) is 0.750. The largest absolute Gasteiger partial charge is 0.493 e. The van der Waals surface area contributed by atoms with Crippen LogP contribution in [0.2, 0.25) is 0 Å². The van der Waals surface area contributed by atoms with Crippen LogP contribution in [-0.4, -0.2) is 45.2 Å². The number of ether oxygens (including phenoxy) is 2. The summed E-state index contributed by atoms with van der Waals surface area (Å²) in [6.07, 6.45) is 0.832. The summed E-state index contributed by atoms with van der Waals surface area (Å²) in [6.45, 7) is 3.14. The highest BCUT2D eigenvalue weighted by Gasteiger charge is 2.12. The molecule has 1 N–H and O–H groups in total. The van der Waals surface area contributed by atoms with Crippen molar-refractivity contribution in [3.8, 4) is 11.5 Å². The van der Waals surface area contributed by atoms with E-state index in [1.165, 1.54) is 0 Å². The highest BCUT2D eigenvalue weighted by atomic mass is 16.5. The van der Waals surface area contributed by atoms with Crippen LogP contribution in [0.4, 0.5) is 0 Å². The van der Waals surface area contributed by atoms with Gasteiger partial charge >= 0.3 is 0 Å². The molecule has 1 atom stereocenters. The monoisotopic (exact) mass is 356 g/mol. The highest BCUT2D eigenvalue weighted by molar-refractivity contribution is 5.78. The van der Waals surface area contributed by atoms with E-state index >= 15 is 0 Å². The van der Waals surface area contributed by atoms with Crippen LogP contribution >= 0.6 is 0 Å². The molecule has 0 saturated heterocycles. The first kappa shape index (κ1) is 19.8. The van der Waals surface area contributed by atoms with Crippen LogP contribution in [0.5, 0.6) is 11.5 Å². The Bertz CT molecular complexity index is 704. The van der Waals surface area contributed by atoms with Gasteiger partial charge in [-0.3, -0.25) is 9.69 Å². The lowest BCUT2D eigenvalue weighted by Gasteiger charge is -2.19. The van der Waals surface area contributed by atoms with Crippen molar-refractivity contribution in [1.82, 2.24) is 10.2 Å². The van der Waals surface area contributed by atoms with E-state index < -0.39 is 0 Å². The number of nitrogens with one attached hydrogen (secondary N) is 1. The van der Waals surface area contributed by atoms with Gasteiger partial charge in [0.25, 0.3) is 0 Å². The molecule has 140 valence electrons. The van der Waals surface area contributed by atoms with Crippen molar-refractivity contribution >= 4 is 5.91 Å². The summed E-state index contributed by atoms with van der Waals surface area (Å²) in [5.74, 6) is 1.47. The number of benzene rings is 2. The Morgan fingerprint density at radius 1 is 1.08 bits per heavy atom. The van der Waals surface area contributed by atoms with Crippen LogP contribution in [0, 0.1) is 0 Å². The predicted octanol–water partition coefficient (Wildman–Crippen LogP) is 3.06. The lowest BCUT2D eigenvalue weighted by atomic mass is 10.1. The molecule has 5 nitrogen and oxygen atoms in total. The Morgan fingerprint density at radius 2 is 1.77 bits per heavy atom. The number of hydrogen-bond donors (Lipinski definition) is 1. The van der Waals surface area contributed by atoms with E-state index in [1.54, 1.807) is 14.2 Å². The first-order valence-electron chi connectivity index (χ1n) is 8.77. The maximum Gasteiger partial charge on any atom is 0.234 e. The molecular weight excluding hydrogens is 328 g/mol. The minimum absolute atomic E-state index is 0.00273. The number of likely N-dealkylation sites (N-methyl/N-ethyl adjacent to an activating group) is 1. The standard InChI is InChI=1S/C21H28N2O3/c1-16(18-8-6-5-7-9-18)22-21(24)15-23(2)13-12-17-10-11-19(25-3)20(14-17)26-4/h5-11,14,16H,12-13,15H2,1-4H3,(H,22,24)/t16-/m0/s1. The Kier molecular flexibility index (Phi) is 7.48. The molecule has 0 heterocycles. The van der Waals surface area contributed by atoms with E-state index in [2.05, 4.69) is 5.32 Å². The second-order valence-corrected chi connectivity index (χ2v) is 6.38. The molecule has 0 saturated carbocycles. The molecule has 0 radical (unpaired) electrons. The van der Waals surface area contributed by atoms with Gasteiger partial charge in [0.1, 0.15) is 0 Å². The van der Waals surface area contributed by atoms with E-state index in [1.807, 2.05) is 67.4 Å². The third-order valence-electron chi connectivity index (χ3n) is 4.32. The molecule has 0 aliphatic rings. The zero-order valence-electron chi connectivity index (χ0n) is 16.0. The van der Waals surface area contributed by atoms with Crippen LogP contribution in [0.1, 0.15) is 24.1 Å². The minimum Gasteiger partial charge on any atom is -0.493 e. The van der Waals surface area contributed by atoms with E-state index in [0.29, 0.717) is 6.54 Å².